The molecule has 0 aliphatic rings. The molecule has 0 radical (unpaired) electrons. The summed E-state index contributed by atoms with van der Waals surface area (Å²) >= 11 is 17.4. The Bertz CT molecular complexity index is 529. The summed E-state index contributed by atoms with van der Waals surface area (Å²) in [6.07, 6.45) is -0.967. The van der Waals surface area contributed by atoms with Crippen LogP contribution in [0.1, 0.15) is 20.3 Å². The minimum atomic E-state index is -1.89. The van der Waals surface area contributed by atoms with Crippen LogP contribution in [0.2, 0.25) is 0 Å². The van der Waals surface area contributed by atoms with Crippen molar-refractivity contribution in [3.05, 3.63) is 34.4 Å². The van der Waals surface area contributed by atoms with Crippen LogP contribution in [0, 0.1) is 16.0 Å². The van der Waals surface area contributed by atoms with E-state index in [0.29, 0.717) is 0 Å². The van der Waals surface area contributed by atoms with Crippen LogP contribution in [-0.4, -0.2) is 20.9 Å². The maximum absolute atomic E-state index is 11.8. The first-order valence-electron chi connectivity index (χ1n) is 6.36. The van der Waals surface area contributed by atoms with Crippen molar-refractivity contribution in [1.82, 2.24) is 5.32 Å². The van der Waals surface area contributed by atoms with E-state index >= 15 is 0 Å². The van der Waals surface area contributed by atoms with Crippen molar-refractivity contribution in [3.8, 4) is 5.75 Å². The molecule has 1 aromatic rings. The molecule has 1 atom stereocenters. The molecule has 0 aromatic heterocycles. The molecule has 0 saturated heterocycles. The van der Waals surface area contributed by atoms with Gasteiger partial charge in [-0.25, -0.2) is 0 Å². The van der Waals surface area contributed by atoms with Gasteiger partial charge >= 0.3 is 0 Å². The quantitative estimate of drug-likeness (QED) is 0.357. The molecule has 122 valence electrons. The van der Waals surface area contributed by atoms with E-state index in [0.717, 1.165) is 0 Å². The molecule has 0 saturated carbocycles. The van der Waals surface area contributed by atoms with E-state index in [4.69, 9.17) is 39.5 Å². The number of nitrogens with one attached hydrogen (secondary N) is 1. The van der Waals surface area contributed by atoms with Crippen molar-refractivity contribution in [2.24, 2.45) is 5.92 Å². The van der Waals surface area contributed by atoms with Crippen LogP contribution in [0.5, 0.6) is 5.75 Å². The predicted octanol–water partition coefficient (Wildman–Crippen LogP) is 3.83. The van der Waals surface area contributed by atoms with Crippen molar-refractivity contribution >= 4 is 46.4 Å². The molecule has 1 amide bonds. The number of halogens is 3. The lowest BCUT2D eigenvalue weighted by atomic mass is 10.1. The highest BCUT2D eigenvalue weighted by atomic mass is 35.6. The van der Waals surface area contributed by atoms with Crippen LogP contribution in [0.15, 0.2) is 24.3 Å². The standard InChI is InChI=1S/C13H15Cl3N2O4/c1-8(2)7-11(19)17-12(13(14,15)16)22-10-5-3-9(4-6-10)18(20)21/h3-6,8,12H,7H2,1-2H3,(H,17,19)/t12-/m0/s1. The maximum Gasteiger partial charge on any atom is 0.269 e. The summed E-state index contributed by atoms with van der Waals surface area (Å²) in [6.45, 7) is 3.75. The van der Waals surface area contributed by atoms with Crippen molar-refractivity contribution in [2.75, 3.05) is 0 Å². The van der Waals surface area contributed by atoms with Gasteiger partial charge in [-0.2, -0.15) is 0 Å². The monoisotopic (exact) mass is 368 g/mol. The Morgan fingerprint density at radius 2 is 1.86 bits per heavy atom. The molecular weight excluding hydrogens is 355 g/mol. The van der Waals surface area contributed by atoms with Gasteiger partial charge in [-0.15, -0.1) is 0 Å². The first kappa shape index (κ1) is 18.8. The highest BCUT2D eigenvalue weighted by Crippen LogP contribution is 2.32. The molecule has 9 heteroatoms. The number of nitro groups is 1. The second-order valence-electron chi connectivity index (χ2n) is 4.96. The predicted molar refractivity (Wildman–Crippen MR) is 85.4 cm³/mol. The van der Waals surface area contributed by atoms with Crippen molar-refractivity contribution in [1.29, 1.82) is 0 Å². The smallest absolute Gasteiger partial charge is 0.269 e. The Hall–Kier alpha value is -1.24. The number of nitrogens with zero attached hydrogens (tertiary/aromatic N) is 1. The van der Waals surface area contributed by atoms with E-state index in [1.54, 1.807) is 0 Å². The van der Waals surface area contributed by atoms with Crippen LogP contribution < -0.4 is 10.1 Å². The van der Waals surface area contributed by atoms with E-state index in [1.165, 1.54) is 24.3 Å². The summed E-state index contributed by atoms with van der Waals surface area (Å²) in [6, 6.07) is 5.22. The van der Waals surface area contributed by atoms with E-state index < -0.39 is 14.9 Å². The Kier molecular flexibility index (Phi) is 6.71. The molecule has 6 nitrogen and oxygen atoms in total. The lowest BCUT2D eigenvalue weighted by Crippen LogP contribution is -2.48. The number of alkyl halides is 3. The van der Waals surface area contributed by atoms with Crippen LogP contribution in [-0.2, 0) is 4.79 Å². The Morgan fingerprint density at radius 3 is 2.27 bits per heavy atom. The SMILES string of the molecule is CC(C)CC(=O)N[C@@H](Oc1ccc([N+](=O)[O-])cc1)C(Cl)(Cl)Cl. The topological polar surface area (TPSA) is 81.5 Å². The number of benzene rings is 1. The third kappa shape index (κ3) is 6.25. The zero-order valence-electron chi connectivity index (χ0n) is 11.9. The minimum Gasteiger partial charge on any atom is -0.466 e. The first-order valence-corrected chi connectivity index (χ1v) is 7.50. The number of ether oxygens (including phenoxy) is 1. The van der Waals surface area contributed by atoms with E-state index in [-0.39, 0.29) is 29.7 Å². The third-order valence-electron chi connectivity index (χ3n) is 2.48. The second kappa shape index (κ2) is 7.85. The summed E-state index contributed by atoms with van der Waals surface area (Å²) in [7, 11) is 0. The molecule has 1 aromatic carbocycles. The van der Waals surface area contributed by atoms with Crippen LogP contribution in [0.25, 0.3) is 0 Å². The molecule has 0 aliphatic heterocycles. The van der Waals surface area contributed by atoms with E-state index in [1.807, 2.05) is 13.8 Å². The molecular formula is C13H15Cl3N2O4. The zero-order valence-corrected chi connectivity index (χ0v) is 14.2. The van der Waals surface area contributed by atoms with Gasteiger partial charge < -0.3 is 10.1 Å². The lowest BCUT2D eigenvalue weighted by Gasteiger charge is -2.26. The molecule has 22 heavy (non-hydrogen) atoms. The fourth-order valence-electron chi connectivity index (χ4n) is 1.54. The Morgan fingerprint density at radius 1 is 1.32 bits per heavy atom. The van der Waals surface area contributed by atoms with Gasteiger partial charge in [0.25, 0.3) is 5.69 Å². The van der Waals surface area contributed by atoms with Gasteiger partial charge in [0, 0.05) is 18.6 Å². The fourth-order valence-corrected chi connectivity index (χ4v) is 1.83. The second-order valence-corrected chi connectivity index (χ2v) is 7.32. The summed E-state index contributed by atoms with van der Waals surface area (Å²) in [5.41, 5.74) is -0.0957. The van der Waals surface area contributed by atoms with Crippen LogP contribution >= 0.6 is 34.8 Å². The average Bonchev–Trinajstić information content (AvgIpc) is 2.36. The number of rotatable bonds is 6. The van der Waals surface area contributed by atoms with Gasteiger partial charge in [0.15, 0.2) is 0 Å². The molecule has 0 heterocycles. The van der Waals surface area contributed by atoms with Gasteiger partial charge in [-0.1, -0.05) is 48.7 Å². The van der Waals surface area contributed by atoms with Crippen LogP contribution in [0.4, 0.5) is 5.69 Å². The molecule has 1 N–H and O–H groups in total. The number of amides is 1. The normalized spacial score (nSPS) is 12.8. The number of hydrogen-bond acceptors (Lipinski definition) is 4. The zero-order chi connectivity index (χ0) is 16.9. The molecule has 0 spiro atoms. The summed E-state index contributed by atoms with van der Waals surface area (Å²) in [5.74, 6) is 0.0374. The third-order valence-corrected chi connectivity index (χ3v) is 3.08. The van der Waals surface area contributed by atoms with Gasteiger partial charge in [0.05, 0.1) is 4.92 Å². The number of carbonyl (C=O) groups excluding carboxylic acids is 1. The number of non-ortho nitro benzene ring substituents is 1. The number of hydrogen-bond donors (Lipinski definition) is 1. The van der Waals surface area contributed by atoms with E-state index in [2.05, 4.69) is 5.32 Å². The number of nitro benzene ring substituents is 1. The summed E-state index contributed by atoms with van der Waals surface area (Å²) in [5, 5.41) is 13.1. The molecule has 0 fully saturated rings. The largest absolute Gasteiger partial charge is 0.466 e. The highest BCUT2D eigenvalue weighted by Gasteiger charge is 2.36. The molecule has 0 unspecified atom stereocenters. The average molecular weight is 370 g/mol. The van der Waals surface area contributed by atoms with Crippen molar-refractivity contribution in [3.63, 3.8) is 0 Å². The Labute approximate surface area is 142 Å². The minimum absolute atomic E-state index is 0.0957. The van der Waals surface area contributed by atoms with Gasteiger partial charge in [-0.05, 0) is 18.1 Å². The van der Waals surface area contributed by atoms with Crippen LogP contribution in [0.3, 0.4) is 0 Å². The molecule has 1 rings (SSSR count). The summed E-state index contributed by atoms with van der Waals surface area (Å²) in [4.78, 5) is 21.8. The van der Waals surface area contributed by atoms with Crippen molar-refractivity contribution < 1.29 is 14.5 Å². The fraction of sp³-hybridized carbons (Fsp3) is 0.462. The molecule has 0 bridgehead atoms. The van der Waals surface area contributed by atoms with E-state index in [9.17, 15) is 14.9 Å². The first-order chi connectivity index (χ1) is 10.1. The number of carbonyl (C=O) groups is 1. The molecule has 0 aliphatic carbocycles. The summed E-state index contributed by atoms with van der Waals surface area (Å²) < 4.78 is 3.52. The highest BCUT2D eigenvalue weighted by molar-refractivity contribution is 6.68. The van der Waals surface area contributed by atoms with Crippen molar-refractivity contribution in [2.45, 2.75) is 30.3 Å². The maximum atomic E-state index is 11.8. The van der Waals surface area contributed by atoms with Gasteiger partial charge in [0.1, 0.15) is 5.75 Å². The van der Waals surface area contributed by atoms with Gasteiger partial charge in [-0.3, -0.25) is 14.9 Å². The lowest BCUT2D eigenvalue weighted by molar-refractivity contribution is -0.384. The Balaban J connectivity index is 2.81. The van der Waals surface area contributed by atoms with Gasteiger partial charge in [0.2, 0.25) is 15.9 Å².